The first kappa shape index (κ1) is 17.9. The van der Waals surface area contributed by atoms with Gasteiger partial charge in [0.15, 0.2) is 0 Å². The van der Waals surface area contributed by atoms with Crippen molar-refractivity contribution in [2.24, 2.45) is 0 Å². The molecule has 1 rings (SSSR count). The quantitative estimate of drug-likeness (QED) is 0.808. The Bertz CT molecular complexity index is 558. The summed E-state index contributed by atoms with van der Waals surface area (Å²) < 4.78 is 64.1. The molecule has 0 aromatic heterocycles. The molecule has 0 spiro atoms. The van der Waals surface area contributed by atoms with E-state index in [4.69, 9.17) is 0 Å². The number of nitrogens with one attached hydrogen (secondary N) is 1. The van der Waals surface area contributed by atoms with Crippen molar-refractivity contribution in [1.82, 2.24) is 4.72 Å². The molecular formula is C13H18F3NO3S. The number of aliphatic hydroxyl groups excluding tert-OH is 1. The van der Waals surface area contributed by atoms with E-state index in [1.807, 2.05) is 6.92 Å². The van der Waals surface area contributed by atoms with E-state index < -0.39 is 33.6 Å². The first-order valence-corrected chi connectivity index (χ1v) is 8.11. The summed E-state index contributed by atoms with van der Waals surface area (Å²) in [5.41, 5.74) is -1.29. The predicted molar refractivity (Wildman–Crippen MR) is 73.0 cm³/mol. The van der Waals surface area contributed by atoms with E-state index in [1.165, 1.54) is 12.1 Å². The van der Waals surface area contributed by atoms with Crippen LogP contribution >= 0.6 is 0 Å². The van der Waals surface area contributed by atoms with Crippen molar-refractivity contribution in [2.45, 2.75) is 37.8 Å². The number of alkyl halides is 3. The molecule has 0 fully saturated rings. The Kier molecular flexibility index (Phi) is 6.18. The number of halogens is 3. The number of hydrogen-bond donors (Lipinski definition) is 2. The van der Waals surface area contributed by atoms with Crippen LogP contribution in [0.2, 0.25) is 0 Å². The van der Waals surface area contributed by atoms with Crippen molar-refractivity contribution >= 4 is 10.0 Å². The maximum Gasteiger partial charge on any atom is 0.416 e. The molecule has 0 bridgehead atoms. The summed E-state index contributed by atoms with van der Waals surface area (Å²) in [4.78, 5) is 0. The minimum Gasteiger partial charge on any atom is -0.392 e. The topological polar surface area (TPSA) is 66.4 Å². The molecule has 2 N–H and O–H groups in total. The lowest BCUT2D eigenvalue weighted by atomic mass is 10.1. The highest BCUT2D eigenvalue weighted by Gasteiger charge is 2.34. The number of aliphatic hydroxyl groups is 1. The molecular weight excluding hydrogens is 307 g/mol. The number of rotatable bonds is 7. The van der Waals surface area contributed by atoms with Crippen molar-refractivity contribution in [1.29, 1.82) is 0 Å². The highest BCUT2D eigenvalue weighted by Crippen LogP contribution is 2.32. The van der Waals surface area contributed by atoms with Gasteiger partial charge in [-0.1, -0.05) is 31.5 Å². The number of hydrogen-bond acceptors (Lipinski definition) is 3. The zero-order chi connectivity index (χ0) is 16.1. The summed E-state index contributed by atoms with van der Waals surface area (Å²) in [5.74, 6) is -0.776. The van der Waals surface area contributed by atoms with Crippen molar-refractivity contribution in [3.05, 3.63) is 35.4 Å². The lowest BCUT2D eigenvalue weighted by Crippen LogP contribution is -2.33. The molecule has 120 valence electrons. The molecule has 0 amide bonds. The van der Waals surface area contributed by atoms with Gasteiger partial charge in [0.25, 0.3) is 0 Å². The Morgan fingerprint density at radius 2 is 1.90 bits per heavy atom. The van der Waals surface area contributed by atoms with Crippen molar-refractivity contribution in [2.75, 3.05) is 6.54 Å². The van der Waals surface area contributed by atoms with Crippen molar-refractivity contribution in [3.63, 3.8) is 0 Å². The van der Waals surface area contributed by atoms with E-state index >= 15 is 0 Å². The molecule has 0 saturated carbocycles. The Labute approximate surface area is 122 Å². The second-order valence-electron chi connectivity index (χ2n) is 4.70. The highest BCUT2D eigenvalue weighted by atomic mass is 32.2. The van der Waals surface area contributed by atoms with Gasteiger partial charge in [-0.2, -0.15) is 13.2 Å². The van der Waals surface area contributed by atoms with E-state index in [9.17, 15) is 26.7 Å². The van der Waals surface area contributed by atoms with E-state index in [1.54, 1.807) is 0 Å². The van der Waals surface area contributed by atoms with E-state index in [0.29, 0.717) is 12.8 Å². The molecule has 8 heteroatoms. The zero-order valence-corrected chi connectivity index (χ0v) is 12.3. The minimum absolute atomic E-state index is 0.204. The van der Waals surface area contributed by atoms with Gasteiger partial charge in [0.2, 0.25) is 10.0 Å². The lowest BCUT2D eigenvalue weighted by Gasteiger charge is -2.14. The fraction of sp³-hybridized carbons (Fsp3) is 0.538. The van der Waals surface area contributed by atoms with Crippen molar-refractivity contribution in [3.8, 4) is 0 Å². The van der Waals surface area contributed by atoms with Gasteiger partial charge in [0.05, 0.1) is 17.4 Å². The van der Waals surface area contributed by atoms with Crippen LogP contribution in [-0.4, -0.2) is 26.2 Å². The van der Waals surface area contributed by atoms with E-state index in [-0.39, 0.29) is 12.1 Å². The third kappa shape index (κ3) is 6.03. The monoisotopic (exact) mass is 325 g/mol. The molecule has 0 aliphatic rings. The van der Waals surface area contributed by atoms with Gasteiger partial charge < -0.3 is 5.11 Å². The standard InChI is InChI=1S/C13H18F3NO3S/c1-2-5-11(18)8-17-21(19,20)9-10-6-3-4-7-12(10)13(14,15)16/h3-4,6-7,11,17-18H,2,5,8-9H2,1H3. The summed E-state index contributed by atoms with van der Waals surface area (Å²) in [5, 5.41) is 9.46. The van der Waals surface area contributed by atoms with Gasteiger partial charge in [-0.15, -0.1) is 0 Å². The summed E-state index contributed by atoms with van der Waals surface area (Å²) in [7, 11) is -3.94. The first-order valence-electron chi connectivity index (χ1n) is 6.46. The maximum atomic E-state index is 12.8. The Morgan fingerprint density at radius 3 is 2.48 bits per heavy atom. The van der Waals surface area contributed by atoms with Gasteiger partial charge in [0.1, 0.15) is 0 Å². The highest BCUT2D eigenvalue weighted by molar-refractivity contribution is 7.88. The molecule has 1 aromatic carbocycles. The molecule has 1 aromatic rings. The van der Waals surface area contributed by atoms with E-state index in [0.717, 1.165) is 12.1 Å². The van der Waals surface area contributed by atoms with E-state index in [2.05, 4.69) is 4.72 Å². The van der Waals surface area contributed by atoms with Gasteiger partial charge in [-0.3, -0.25) is 0 Å². The average molecular weight is 325 g/mol. The Morgan fingerprint density at radius 1 is 1.29 bits per heavy atom. The number of benzene rings is 1. The predicted octanol–water partition coefficient (Wildman–Crippen LogP) is 2.29. The molecule has 21 heavy (non-hydrogen) atoms. The third-order valence-electron chi connectivity index (χ3n) is 2.83. The molecule has 4 nitrogen and oxygen atoms in total. The molecule has 1 unspecified atom stereocenters. The maximum absolute atomic E-state index is 12.8. The second-order valence-corrected chi connectivity index (χ2v) is 6.51. The SMILES string of the molecule is CCCC(O)CNS(=O)(=O)Cc1ccccc1C(F)(F)F. The van der Waals surface area contributed by atoms with Gasteiger partial charge in [-0.05, 0) is 18.1 Å². The largest absolute Gasteiger partial charge is 0.416 e. The average Bonchev–Trinajstić information content (AvgIpc) is 2.36. The molecule has 0 saturated heterocycles. The van der Waals surface area contributed by atoms with Crippen LogP contribution in [0.1, 0.15) is 30.9 Å². The second kappa shape index (κ2) is 7.24. The van der Waals surface area contributed by atoms with Gasteiger partial charge >= 0.3 is 6.18 Å². The number of sulfonamides is 1. The summed E-state index contributed by atoms with van der Waals surface area (Å²) in [6.45, 7) is 1.63. The summed E-state index contributed by atoms with van der Waals surface area (Å²) in [6.07, 6.45) is -4.35. The van der Waals surface area contributed by atoms with Gasteiger partial charge in [0, 0.05) is 6.54 Å². The van der Waals surface area contributed by atoms with Crippen LogP contribution in [0.3, 0.4) is 0 Å². The zero-order valence-electron chi connectivity index (χ0n) is 11.5. The van der Waals surface area contributed by atoms with Crippen LogP contribution in [-0.2, 0) is 22.0 Å². The fourth-order valence-corrected chi connectivity index (χ4v) is 3.05. The molecule has 0 aliphatic heterocycles. The summed E-state index contributed by atoms with van der Waals surface area (Å²) >= 11 is 0. The normalized spacial score (nSPS) is 14.1. The molecule has 1 atom stereocenters. The summed E-state index contributed by atoms with van der Waals surface area (Å²) in [6, 6.07) is 4.53. The molecule has 0 heterocycles. The smallest absolute Gasteiger partial charge is 0.392 e. The van der Waals surface area contributed by atoms with Crippen LogP contribution in [0.4, 0.5) is 13.2 Å². The van der Waals surface area contributed by atoms with Gasteiger partial charge in [-0.25, -0.2) is 13.1 Å². The lowest BCUT2D eigenvalue weighted by molar-refractivity contribution is -0.138. The van der Waals surface area contributed by atoms with Crippen LogP contribution < -0.4 is 4.72 Å². The molecule has 0 radical (unpaired) electrons. The van der Waals surface area contributed by atoms with Crippen LogP contribution in [0.5, 0.6) is 0 Å². The van der Waals surface area contributed by atoms with Crippen LogP contribution in [0.15, 0.2) is 24.3 Å². The molecule has 0 aliphatic carbocycles. The van der Waals surface area contributed by atoms with Crippen LogP contribution in [0, 0.1) is 0 Å². The first-order chi connectivity index (χ1) is 9.65. The van der Waals surface area contributed by atoms with Crippen LogP contribution in [0.25, 0.3) is 0 Å². The Balaban J connectivity index is 2.81. The minimum atomic E-state index is -4.60. The Hall–Kier alpha value is -1.12. The third-order valence-corrected chi connectivity index (χ3v) is 4.13. The van der Waals surface area contributed by atoms with Crippen molar-refractivity contribution < 1.29 is 26.7 Å². The fourth-order valence-electron chi connectivity index (χ4n) is 1.84.